The summed E-state index contributed by atoms with van der Waals surface area (Å²) in [5, 5.41) is 22.3. The molecule has 0 amide bonds. The van der Waals surface area contributed by atoms with Gasteiger partial charge in [0.25, 0.3) is 0 Å². The van der Waals surface area contributed by atoms with E-state index in [2.05, 4.69) is 32.4 Å². The van der Waals surface area contributed by atoms with Crippen LogP contribution < -0.4 is 10.1 Å². The van der Waals surface area contributed by atoms with Crippen molar-refractivity contribution in [2.45, 2.75) is 35.0 Å². The highest BCUT2D eigenvalue weighted by molar-refractivity contribution is 7.98. The van der Waals surface area contributed by atoms with Gasteiger partial charge in [-0.1, -0.05) is 6.07 Å². The first-order valence-corrected chi connectivity index (χ1v) is 12.1. The average molecular weight is 488 g/mol. The first-order valence-electron chi connectivity index (χ1n) is 11.1. The lowest BCUT2D eigenvalue weighted by Crippen LogP contribution is -2.35. The molecule has 0 aliphatic heterocycles. The molecule has 172 valence electrons. The molecule has 0 unspecified atom stereocenters. The zero-order valence-corrected chi connectivity index (χ0v) is 20.2. The Morgan fingerprint density at radius 1 is 1.08 bits per heavy atom. The number of nitrogens with one attached hydrogen (secondary N) is 1. The largest absolute Gasteiger partial charge is 0.475 e. The normalized spacial score (nSPS) is 12.9. The van der Waals surface area contributed by atoms with Crippen LogP contribution in [-0.2, 0) is 10.5 Å². The molecule has 1 aliphatic carbocycles. The maximum Gasteiger partial charge on any atom is 0.213 e. The molecule has 0 aromatic carbocycles. The van der Waals surface area contributed by atoms with Gasteiger partial charge in [-0.15, -0.1) is 11.8 Å². The third kappa shape index (κ3) is 6.81. The van der Waals surface area contributed by atoms with Crippen molar-refractivity contribution in [3.63, 3.8) is 0 Å². The van der Waals surface area contributed by atoms with Gasteiger partial charge in [-0.05, 0) is 35.8 Å². The molecule has 0 spiro atoms. The van der Waals surface area contributed by atoms with E-state index in [0.29, 0.717) is 44.7 Å². The van der Waals surface area contributed by atoms with Crippen LogP contribution in [0.2, 0.25) is 0 Å². The highest BCUT2D eigenvalue weighted by atomic mass is 32.2. The highest BCUT2D eigenvalue weighted by Gasteiger charge is 2.27. The smallest absolute Gasteiger partial charge is 0.213 e. The second-order valence-corrected chi connectivity index (χ2v) is 9.08. The Morgan fingerprint density at radius 3 is 2.50 bits per heavy atom. The van der Waals surface area contributed by atoms with Crippen molar-refractivity contribution >= 4 is 41.1 Å². The molecule has 3 aromatic rings. The molecule has 12 heteroatoms. The van der Waals surface area contributed by atoms with Crippen LogP contribution in [0.25, 0.3) is 11.1 Å². The van der Waals surface area contributed by atoms with E-state index in [-0.39, 0.29) is 19.3 Å². The van der Waals surface area contributed by atoms with Crippen molar-refractivity contribution in [2.75, 3.05) is 18.5 Å². The molecule has 1 fully saturated rings. The molecule has 3 aromatic heterocycles. The Labute approximate surface area is 218 Å². The van der Waals surface area contributed by atoms with E-state index in [1.54, 1.807) is 30.7 Å². The number of nitriles is 2. The summed E-state index contributed by atoms with van der Waals surface area (Å²) in [6.45, 7) is 0.203. The molecular weight excluding hydrogens is 469 g/mol. The van der Waals surface area contributed by atoms with Crippen molar-refractivity contribution in [3.8, 4) is 29.1 Å². The lowest BCUT2D eigenvalue weighted by Gasteiger charge is -2.21. The minimum atomic E-state index is -1.73. The summed E-state index contributed by atoms with van der Waals surface area (Å²) in [6, 6.07) is 12.0. The minimum absolute atomic E-state index is 0.0716. The van der Waals surface area contributed by atoms with Gasteiger partial charge in [0.15, 0.2) is 0 Å². The van der Waals surface area contributed by atoms with Crippen molar-refractivity contribution in [1.82, 2.24) is 15.0 Å². The van der Waals surface area contributed by atoms with Gasteiger partial charge in [-0.2, -0.15) is 10.5 Å². The molecular formula is C24H19B3N6O2S. The number of ether oxygens (including phenoxy) is 2. The summed E-state index contributed by atoms with van der Waals surface area (Å²) in [5.41, 5.74) is 2.70. The quantitative estimate of drug-likeness (QED) is 0.247. The molecule has 1 aliphatic rings. The third-order valence-electron chi connectivity index (χ3n) is 5.11. The van der Waals surface area contributed by atoms with Gasteiger partial charge >= 0.3 is 0 Å². The van der Waals surface area contributed by atoms with Gasteiger partial charge in [-0.3, -0.25) is 4.98 Å². The first-order chi connectivity index (χ1) is 17.4. The SMILES string of the molecule is [B]C([B])([B])OCCOc1ccc(-c2c(C#N)c(NC3CC3)nc(SCc3cccnc3)c2C#N)cn1. The Hall–Kier alpha value is -3.47. The van der Waals surface area contributed by atoms with Crippen molar-refractivity contribution < 1.29 is 9.47 Å². The van der Waals surface area contributed by atoms with Gasteiger partial charge in [0.2, 0.25) is 5.88 Å². The van der Waals surface area contributed by atoms with Crippen LogP contribution in [0.5, 0.6) is 5.88 Å². The van der Waals surface area contributed by atoms with E-state index in [9.17, 15) is 10.5 Å². The van der Waals surface area contributed by atoms with E-state index in [0.717, 1.165) is 18.4 Å². The number of pyridine rings is 3. The zero-order valence-electron chi connectivity index (χ0n) is 19.3. The van der Waals surface area contributed by atoms with Gasteiger partial charge in [0.05, 0.1) is 35.7 Å². The lowest BCUT2D eigenvalue weighted by atomic mass is 9.52. The molecule has 0 saturated heterocycles. The third-order valence-corrected chi connectivity index (χ3v) is 6.16. The predicted molar refractivity (Wildman–Crippen MR) is 139 cm³/mol. The topological polar surface area (TPSA) is 117 Å². The number of anilines is 1. The molecule has 0 bridgehead atoms. The monoisotopic (exact) mass is 488 g/mol. The zero-order chi connectivity index (χ0) is 25.5. The Morgan fingerprint density at radius 2 is 1.89 bits per heavy atom. The molecule has 0 atom stereocenters. The van der Waals surface area contributed by atoms with Crippen LogP contribution in [0, 0.1) is 22.7 Å². The first kappa shape index (κ1) is 25.6. The van der Waals surface area contributed by atoms with E-state index >= 15 is 0 Å². The predicted octanol–water partition coefficient (Wildman–Crippen LogP) is 2.66. The maximum atomic E-state index is 10.1. The average Bonchev–Trinajstić information content (AvgIpc) is 3.69. The molecule has 36 heavy (non-hydrogen) atoms. The van der Waals surface area contributed by atoms with Crippen molar-refractivity contribution in [2.24, 2.45) is 0 Å². The number of nitrogens with zero attached hydrogens (tertiary/aromatic N) is 5. The minimum Gasteiger partial charge on any atom is -0.475 e. The number of rotatable bonds is 11. The number of hydrogen-bond acceptors (Lipinski definition) is 9. The van der Waals surface area contributed by atoms with Gasteiger partial charge in [0.1, 0.15) is 35.2 Å². The number of thioether (sulfide) groups is 1. The molecule has 6 radical (unpaired) electrons. The van der Waals surface area contributed by atoms with Gasteiger partial charge in [-0.25, -0.2) is 9.97 Å². The second-order valence-electron chi connectivity index (χ2n) is 8.12. The fraction of sp³-hybridized carbons (Fsp3) is 0.292. The summed E-state index contributed by atoms with van der Waals surface area (Å²) >= 11 is 1.42. The second kappa shape index (κ2) is 11.5. The summed E-state index contributed by atoms with van der Waals surface area (Å²) < 4.78 is 10.5. The molecule has 4 rings (SSSR count). The van der Waals surface area contributed by atoms with Crippen LogP contribution in [0.1, 0.15) is 29.5 Å². The number of aromatic nitrogens is 3. The standard InChI is InChI=1S/C24H19B3N6O2S/c25-24(26,27)35-9-8-34-20-6-3-16(13-31-20)21-18(10-28)22(32-17-4-5-17)33-23(19(21)11-29)36-14-15-2-1-7-30-12-15/h1-3,6-7,12-13,17H,4-5,8-9,14H2,(H,32,33). The lowest BCUT2D eigenvalue weighted by molar-refractivity contribution is 0.0934. The van der Waals surface area contributed by atoms with E-state index in [1.807, 2.05) is 12.1 Å². The molecule has 1 saturated carbocycles. The van der Waals surface area contributed by atoms with Crippen LogP contribution in [-0.4, -0.2) is 63.0 Å². The van der Waals surface area contributed by atoms with E-state index in [1.165, 1.54) is 11.8 Å². The summed E-state index contributed by atoms with van der Waals surface area (Å²) in [5.74, 6) is 1.37. The van der Waals surface area contributed by atoms with Crippen LogP contribution in [0.3, 0.4) is 0 Å². The van der Waals surface area contributed by atoms with Crippen molar-refractivity contribution in [3.05, 3.63) is 59.5 Å². The molecule has 8 nitrogen and oxygen atoms in total. The summed E-state index contributed by atoms with van der Waals surface area (Å²) in [7, 11) is 16.1. The molecule has 3 heterocycles. The summed E-state index contributed by atoms with van der Waals surface area (Å²) in [6.07, 6.45) is 7.06. The maximum absolute atomic E-state index is 10.1. The Bertz CT molecular complexity index is 1290. The summed E-state index contributed by atoms with van der Waals surface area (Å²) in [4.78, 5) is 13.1. The molecule has 1 N–H and O–H groups in total. The van der Waals surface area contributed by atoms with Crippen LogP contribution >= 0.6 is 11.8 Å². The van der Waals surface area contributed by atoms with E-state index < -0.39 is 5.30 Å². The van der Waals surface area contributed by atoms with Gasteiger partial charge < -0.3 is 14.8 Å². The Balaban J connectivity index is 1.63. The van der Waals surface area contributed by atoms with Gasteiger partial charge in [0, 0.05) is 47.6 Å². The Kier molecular flexibility index (Phi) is 8.19. The van der Waals surface area contributed by atoms with Crippen LogP contribution in [0.15, 0.2) is 47.9 Å². The highest BCUT2D eigenvalue weighted by Crippen LogP contribution is 2.39. The van der Waals surface area contributed by atoms with E-state index in [4.69, 9.17) is 33.0 Å². The number of hydrogen-bond donors (Lipinski definition) is 1. The fourth-order valence-corrected chi connectivity index (χ4v) is 4.23. The van der Waals surface area contributed by atoms with Crippen LogP contribution in [0.4, 0.5) is 5.82 Å². The van der Waals surface area contributed by atoms with Crippen molar-refractivity contribution in [1.29, 1.82) is 10.5 Å². The fourth-order valence-electron chi connectivity index (χ4n) is 3.31.